The molecular formula is C18H32O4. The highest BCUT2D eigenvalue weighted by Crippen LogP contribution is 2.37. The van der Waals surface area contributed by atoms with Crippen molar-refractivity contribution in [1.29, 1.82) is 0 Å². The highest BCUT2D eigenvalue weighted by molar-refractivity contribution is 5.68. The SMILES string of the molecule is CCCC[C@H](CC)C[C@]1(CC)C=C(CC)[C@H](CC(=O)O)OO1. The summed E-state index contributed by atoms with van der Waals surface area (Å²) in [6, 6.07) is 0. The van der Waals surface area contributed by atoms with Crippen LogP contribution >= 0.6 is 0 Å². The van der Waals surface area contributed by atoms with Crippen LogP contribution in [0.15, 0.2) is 11.6 Å². The Kier molecular flexibility index (Phi) is 8.12. The molecule has 0 amide bonds. The largest absolute Gasteiger partial charge is 0.481 e. The number of carbonyl (C=O) groups is 1. The minimum atomic E-state index is -0.855. The minimum Gasteiger partial charge on any atom is -0.481 e. The van der Waals surface area contributed by atoms with Gasteiger partial charge in [0.05, 0.1) is 6.42 Å². The van der Waals surface area contributed by atoms with E-state index in [4.69, 9.17) is 14.9 Å². The Morgan fingerprint density at radius 3 is 2.59 bits per heavy atom. The Morgan fingerprint density at radius 2 is 2.09 bits per heavy atom. The van der Waals surface area contributed by atoms with Gasteiger partial charge in [-0.2, -0.15) is 0 Å². The van der Waals surface area contributed by atoms with E-state index in [1.54, 1.807) is 0 Å². The van der Waals surface area contributed by atoms with Gasteiger partial charge in [-0.1, -0.05) is 53.4 Å². The van der Waals surface area contributed by atoms with E-state index in [2.05, 4.69) is 26.8 Å². The van der Waals surface area contributed by atoms with Gasteiger partial charge < -0.3 is 5.11 Å². The first-order valence-corrected chi connectivity index (χ1v) is 8.78. The Labute approximate surface area is 134 Å². The van der Waals surface area contributed by atoms with Gasteiger partial charge in [0, 0.05) is 0 Å². The van der Waals surface area contributed by atoms with E-state index in [0.717, 1.165) is 31.3 Å². The van der Waals surface area contributed by atoms with E-state index in [1.807, 2.05) is 6.92 Å². The summed E-state index contributed by atoms with van der Waals surface area (Å²) in [5.41, 5.74) is 0.662. The molecule has 0 saturated carbocycles. The van der Waals surface area contributed by atoms with Crippen molar-refractivity contribution in [3.63, 3.8) is 0 Å². The van der Waals surface area contributed by atoms with Crippen LogP contribution in [0.4, 0.5) is 0 Å². The van der Waals surface area contributed by atoms with Crippen LogP contribution in [0.3, 0.4) is 0 Å². The number of carboxylic acids is 1. The van der Waals surface area contributed by atoms with Gasteiger partial charge in [-0.3, -0.25) is 4.79 Å². The topological polar surface area (TPSA) is 55.8 Å². The van der Waals surface area contributed by atoms with Crippen molar-refractivity contribution in [2.75, 3.05) is 0 Å². The second-order valence-electron chi connectivity index (χ2n) is 6.38. The lowest BCUT2D eigenvalue weighted by molar-refractivity contribution is -0.379. The Hall–Kier alpha value is -0.870. The molecule has 0 aliphatic carbocycles. The number of hydrogen-bond acceptors (Lipinski definition) is 3. The maximum Gasteiger partial charge on any atom is 0.306 e. The molecule has 0 bridgehead atoms. The smallest absolute Gasteiger partial charge is 0.306 e. The van der Waals surface area contributed by atoms with Crippen molar-refractivity contribution in [1.82, 2.24) is 0 Å². The molecule has 128 valence electrons. The minimum absolute atomic E-state index is 0.0352. The van der Waals surface area contributed by atoms with Crippen LogP contribution in [-0.2, 0) is 14.6 Å². The second kappa shape index (κ2) is 9.31. The molecule has 0 aromatic rings. The summed E-state index contributed by atoms with van der Waals surface area (Å²) < 4.78 is 0. The van der Waals surface area contributed by atoms with Crippen LogP contribution in [0.25, 0.3) is 0 Å². The zero-order chi connectivity index (χ0) is 16.6. The zero-order valence-corrected chi connectivity index (χ0v) is 14.6. The second-order valence-corrected chi connectivity index (χ2v) is 6.38. The molecule has 1 rings (SSSR count). The van der Waals surface area contributed by atoms with E-state index in [-0.39, 0.29) is 6.42 Å². The normalized spacial score (nSPS) is 26.5. The monoisotopic (exact) mass is 312 g/mol. The molecule has 0 spiro atoms. The summed E-state index contributed by atoms with van der Waals surface area (Å²) in [6.45, 7) is 8.60. The van der Waals surface area contributed by atoms with Crippen LogP contribution in [0, 0.1) is 5.92 Å². The fourth-order valence-electron chi connectivity index (χ4n) is 3.15. The predicted molar refractivity (Wildman–Crippen MR) is 87.5 cm³/mol. The van der Waals surface area contributed by atoms with Crippen LogP contribution in [0.2, 0.25) is 0 Å². The molecule has 1 aliphatic rings. The van der Waals surface area contributed by atoms with Crippen molar-refractivity contribution < 1.29 is 19.7 Å². The average Bonchev–Trinajstić information content (AvgIpc) is 2.52. The Morgan fingerprint density at radius 1 is 1.36 bits per heavy atom. The molecule has 0 fully saturated rings. The fourth-order valence-corrected chi connectivity index (χ4v) is 3.15. The summed E-state index contributed by atoms with van der Waals surface area (Å²) >= 11 is 0. The van der Waals surface area contributed by atoms with Crippen molar-refractivity contribution in [3.05, 3.63) is 11.6 Å². The third-order valence-corrected chi connectivity index (χ3v) is 4.74. The first-order valence-electron chi connectivity index (χ1n) is 8.78. The number of unbranched alkanes of at least 4 members (excludes halogenated alkanes) is 1. The lowest BCUT2D eigenvalue weighted by Crippen LogP contribution is -2.40. The van der Waals surface area contributed by atoms with Gasteiger partial charge in [-0.15, -0.1) is 0 Å². The molecule has 0 aromatic carbocycles. The molecule has 1 aliphatic heterocycles. The Bertz CT molecular complexity index is 377. The maximum atomic E-state index is 10.9. The van der Waals surface area contributed by atoms with Gasteiger partial charge in [0.2, 0.25) is 0 Å². The molecule has 4 nitrogen and oxygen atoms in total. The molecule has 1 heterocycles. The van der Waals surface area contributed by atoms with Crippen molar-refractivity contribution in [3.8, 4) is 0 Å². The van der Waals surface area contributed by atoms with Gasteiger partial charge in [0.25, 0.3) is 0 Å². The molecule has 0 aromatic heterocycles. The summed E-state index contributed by atoms with van der Waals surface area (Å²) in [5, 5.41) is 8.98. The summed E-state index contributed by atoms with van der Waals surface area (Å²) in [5.74, 6) is -0.236. The quantitative estimate of drug-likeness (QED) is 0.461. The van der Waals surface area contributed by atoms with Gasteiger partial charge in [-0.25, -0.2) is 9.78 Å². The molecular weight excluding hydrogens is 280 g/mol. The summed E-state index contributed by atoms with van der Waals surface area (Å²) in [6.07, 6.45) is 9.07. The third-order valence-electron chi connectivity index (χ3n) is 4.74. The first kappa shape index (κ1) is 19.2. The maximum absolute atomic E-state index is 10.9. The number of aliphatic carboxylic acids is 1. The number of hydrogen-bond donors (Lipinski definition) is 1. The molecule has 4 heteroatoms. The van der Waals surface area contributed by atoms with Crippen LogP contribution in [0.1, 0.15) is 79.1 Å². The fraction of sp³-hybridized carbons (Fsp3) is 0.833. The van der Waals surface area contributed by atoms with E-state index in [9.17, 15) is 4.79 Å². The van der Waals surface area contributed by atoms with E-state index >= 15 is 0 Å². The Balaban J connectivity index is 2.85. The van der Waals surface area contributed by atoms with E-state index in [0.29, 0.717) is 5.92 Å². The van der Waals surface area contributed by atoms with Gasteiger partial charge >= 0.3 is 5.97 Å². The van der Waals surface area contributed by atoms with Crippen molar-refractivity contribution >= 4 is 5.97 Å². The van der Waals surface area contributed by atoms with Gasteiger partial charge in [0.15, 0.2) is 0 Å². The lowest BCUT2D eigenvalue weighted by Gasteiger charge is -2.38. The molecule has 1 N–H and O–H groups in total. The van der Waals surface area contributed by atoms with Gasteiger partial charge in [-0.05, 0) is 36.8 Å². The third kappa shape index (κ3) is 5.40. The zero-order valence-electron chi connectivity index (χ0n) is 14.6. The van der Waals surface area contributed by atoms with E-state index in [1.165, 1.54) is 19.3 Å². The van der Waals surface area contributed by atoms with Crippen molar-refractivity contribution in [2.24, 2.45) is 5.92 Å². The van der Waals surface area contributed by atoms with Crippen LogP contribution in [-0.4, -0.2) is 22.8 Å². The van der Waals surface area contributed by atoms with Crippen LogP contribution < -0.4 is 0 Å². The van der Waals surface area contributed by atoms with Crippen molar-refractivity contribution in [2.45, 2.75) is 90.8 Å². The average molecular weight is 312 g/mol. The highest BCUT2D eigenvalue weighted by atomic mass is 17.2. The number of rotatable bonds is 10. The molecule has 22 heavy (non-hydrogen) atoms. The molecule has 0 saturated heterocycles. The lowest BCUT2D eigenvalue weighted by atomic mass is 9.81. The standard InChI is InChI=1S/C18H32O4/c1-5-9-10-14(6-2)12-18(8-4)13-15(7-3)16(21-22-18)11-17(19)20/h13-14,16H,5-12H2,1-4H3,(H,19,20)/t14-,16-,18+/m0/s1. The first-order chi connectivity index (χ1) is 10.5. The number of carboxylic acid groups (broad SMARTS) is 1. The molecule has 0 radical (unpaired) electrons. The van der Waals surface area contributed by atoms with Crippen LogP contribution in [0.5, 0.6) is 0 Å². The molecule has 3 atom stereocenters. The summed E-state index contributed by atoms with van der Waals surface area (Å²) in [4.78, 5) is 22.2. The summed E-state index contributed by atoms with van der Waals surface area (Å²) in [7, 11) is 0. The van der Waals surface area contributed by atoms with E-state index < -0.39 is 17.7 Å². The highest BCUT2D eigenvalue weighted by Gasteiger charge is 2.37. The molecule has 0 unspecified atom stereocenters. The van der Waals surface area contributed by atoms with Gasteiger partial charge in [0.1, 0.15) is 11.7 Å². The predicted octanol–water partition coefficient (Wildman–Crippen LogP) is 4.88.